The normalized spacial score (nSPS) is 10.4. The van der Waals surface area contributed by atoms with Crippen LogP contribution in [0.3, 0.4) is 0 Å². The maximum absolute atomic E-state index is 11.9. The predicted octanol–water partition coefficient (Wildman–Crippen LogP) is 1.64. The summed E-state index contributed by atoms with van der Waals surface area (Å²) in [6, 6.07) is 8.56. The van der Waals surface area contributed by atoms with E-state index in [9.17, 15) is 14.4 Å². The van der Waals surface area contributed by atoms with E-state index in [4.69, 9.17) is 0 Å². The molecule has 22 heavy (non-hydrogen) atoms. The van der Waals surface area contributed by atoms with Gasteiger partial charge in [-0.3, -0.25) is 9.78 Å². The molecule has 1 aromatic carbocycles. The average Bonchev–Trinajstić information content (AvgIpc) is 2.51. The van der Waals surface area contributed by atoms with Crippen LogP contribution in [0.5, 0.6) is 0 Å². The summed E-state index contributed by atoms with van der Waals surface area (Å²) in [5, 5.41) is 2.64. The van der Waals surface area contributed by atoms with Crippen LogP contribution in [0.25, 0.3) is 0 Å². The summed E-state index contributed by atoms with van der Waals surface area (Å²) in [7, 11) is 0. The van der Waals surface area contributed by atoms with Crippen molar-refractivity contribution in [3.8, 4) is 0 Å². The molecular weight excluding hydrogens is 282 g/mol. The number of carbonyl (C=O) groups is 1. The minimum absolute atomic E-state index is 0.318. The lowest BCUT2D eigenvalue weighted by Crippen LogP contribution is -2.39. The molecule has 2 aromatic rings. The lowest BCUT2D eigenvalue weighted by molar-refractivity contribution is 0.241. The minimum Gasteiger partial charge on any atom is -0.333 e. The summed E-state index contributed by atoms with van der Waals surface area (Å²) in [5.74, 6) is 0. The quantitative estimate of drug-likeness (QED) is 0.880. The molecular formula is C16H19N3O3. The molecule has 1 heterocycles. The van der Waals surface area contributed by atoms with Gasteiger partial charge in [0.1, 0.15) is 0 Å². The third kappa shape index (κ3) is 4.18. The molecule has 0 aliphatic heterocycles. The Bertz CT molecular complexity index is 744. The van der Waals surface area contributed by atoms with E-state index in [1.54, 1.807) is 0 Å². The average molecular weight is 301 g/mol. The molecule has 0 unspecified atom stereocenters. The highest BCUT2D eigenvalue weighted by atomic mass is 16.2. The Labute approximate surface area is 127 Å². The van der Waals surface area contributed by atoms with Crippen LogP contribution in [-0.2, 0) is 13.0 Å². The molecule has 0 spiro atoms. The van der Waals surface area contributed by atoms with Crippen LogP contribution in [0.4, 0.5) is 4.79 Å². The predicted molar refractivity (Wildman–Crippen MR) is 84.0 cm³/mol. The van der Waals surface area contributed by atoms with Crippen LogP contribution in [0.15, 0.2) is 46.1 Å². The van der Waals surface area contributed by atoms with E-state index in [-0.39, 0.29) is 0 Å². The van der Waals surface area contributed by atoms with Gasteiger partial charge in [0.05, 0.1) is 0 Å². The van der Waals surface area contributed by atoms with Crippen molar-refractivity contribution in [2.24, 2.45) is 0 Å². The van der Waals surface area contributed by atoms with E-state index in [1.165, 1.54) is 5.56 Å². The largest absolute Gasteiger partial charge is 0.336 e. The number of H-pyrrole nitrogens is 1. The van der Waals surface area contributed by atoms with Gasteiger partial charge in [0.2, 0.25) is 0 Å². The molecule has 0 saturated carbocycles. The van der Waals surface area contributed by atoms with Gasteiger partial charge in [0.15, 0.2) is 0 Å². The number of carbonyl (C=O) groups excluding carboxylic acids is 1. The van der Waals surface area contributed by atoms with Crippen LogP contribution in [0.2, 0.25) is 0 Å². The molecule has 2 rings (SSSR count). The number of benzene rings is 1. The molecule has 0 saturated heterocycles. The van der Waals surface area contributed by atoms with Crippen LogP contribution in [0, 0.1) is 0 Å². The second-order valence-electron chi connectivity index (χ2n) is 5.06. The fourth-order valence-electron chi connectivity index (χ4n) is 2.04. The van der Waals surface area contributed by atoms with Crippen molar-refractivity contribution in [3.05, 3.63) is 68.5 Å². The lowest BCUT2D eigenvalue weighted by atomic mass is 10.1. The zero-order valence-corrected chi connectivity index (χ0v) is 12.5. The second kappa shape index (κ2) is 7.40. The number of nitrogens with zero attached hydrogens (tertiary/aromatic N) is 1. The Morgan fingerprint density at radius 1 is 1.14 bits per heavy atom. The molecule has 0 atom stereocenters. The second-order valence-corrected chi connectivity index (χ2v) is 5.06. The number of amides is 1. The van der Waals surface area contributed by atoms with Crippen molar-refractivity contribution in [2.75, 3.05) is 0 Å². The topological polar surface area (TPSA) is 84.0 Å². The Morgan fingerprint density at radius 3 is 2.45 bits per heavy atom. The minimum atomic E-state index is -0.750. The summed E-state index contributed by atoms with van der Waals surface area (Å²) >= 11 is 0. The highest BCUT2D eigenvalue weighted by Gasteiger charge is 2.06. The van der Waals surface area contributed by atoms with Gasteiger partial charge in [-0.05, 0) is 24.0 Å². The number of rotatable bonds is 5. The first-order valence-electron chi connectivity index (χ1n) is 7.28. The van der Waals surface area contributed by atoms with Gasteiger partial charge in [-0.1, -0.05) is 37.6 Å². The van der Waals surface area contributed by atoms with Crippen molar-refractivity contribution in [1.82, 2.24) is 14.9 Å². The van der Waals surface area contributed by atoms with Crippen LogP contribution < -0.4 is 16.6 Å². The Balaban J connectivity index is 1.96. The summed E-state index contributed by atoms with van der Waals surface area (Å²) in [4.78, 5) is 36.4. The molecule has 6 heteroatoms. The zero-order chi connectivity index (χ0) is 15.9. The fourth-order valence-corrected chi connectivity index (χ4v) is 2.04. The lowest BCUT2D eigenvalue weighted by Gasteiger charge is -2.07. The van der Waals surface area contributed by atoms with E-state index < -0.39 is 17.3 Å². The molecule has 0 aliphatic carbocycles. The van der Waals surface area contributed by atoms with E-state index in [0.717, 1.165) is 41.7 Å². The highest BCUT2D eigenvalue weighted by Crippen LogP contribution is 2.07. The molecule has 2 N–H and O–H groups in total. The number of aryl methyl sites for hydroxylation is 1. The fraction of sp³-hybridized carbons (Fsp3) is 0.312. The van der Waals surface area contributed by atoms with Crippen molar-refractivity contribution >= 4 is 6.03 Å². The molecule has 1 aromatic heterocycles. The SMILES string of the molecule is CCCCc1ccc(CNC(=O)n2ccc(=O)[nH]c2=O)cc1. The number of hydrogen-bond acceptors (Lipinski definition) is 3. The Morgan fingerprint density at radius 2 is 1.82 bits per heavy atom. The Kier molecular flexibility index (Phi) is 5.30. The molecule has 0 bridgehead atoms. The van der Waals surface area contributed by atoms with E-state index in [0.29, 0.717) is 6.54 Å². The van der Waals surface area contributed by atoms with Crippen molar-refractivity contribution < 1.29 is 4.79 Å². The molecule has 0 aliphatic rings. The summed E-state index contributed by atoms with van der Waals surface area (Å²) < 4.78 is 0.830. The highest BCUT2D eigenvalue weighted by molar-refractivity contribution is 5.76. The number of aromatic amines is 1. The first-order chi connectivity index (χ1) is 10.6. The summed E-state index contributed by atoms with van der Waals surface area (Å²) in [6.07, 6.45) is 4.52. The van der Waals surface area contributed by atoms with E-state index >= 15 is 0 Å². The molecule has 6 nitrogen and oxygen atoms in total. The van der Waals surface area contributed by atoms with Gasteiger partial charge in [0, 0.05) is 18.8 Å². The zero-order valence-electron chi connectivity index (χ0n) is 12.5. The van der Waals surface area contributed by atoms with Crippen LogP contribution in [0.1, 0.15) is 30.9 Å². The summed E-state index contributed by atoms with van der Waals surface area (Å²) in [5.41, 5.74) is 0.941. The monoisotopic (exact) mass is 301 g/mol. The van der Waals surface area contributed by atoms with Crippen molar-refractivity contribution in [1.29, 1.82) is 0 Å². The number of nitrogens with one attached hydrogen (secondary N) is 2. The Hall–Kier alpha value is -2.63. The standard InChI is InChI=1S/C16H19N3O3/c1-2-3-4-12-5-7-13(8-6-12)11-17-15(21)19-10-9-14(20)18-16(19)22/h5-10H,2-4,11H2,1H3,(H,17,21)(H,18,20,22). The summed E-state index contributed by atoms with van der Waals surface area (Å²) in [6.45, 7) is 2.47. The van der Waals surface area contributed by atoms with Gasteiger partial charge in [-0.25, -0.2) is 14.2 Å². The number of aromatic nitrogens is 2. The first-order valence-corrected chi connectivity index (χ1v) is 7.28. The van der Waals surface area contributed by atoms with Gasteiger partial charge >= 0.3 is 11.7 Å². The number of unbranched alkanes of at least 4 members (excludes halogenated alkanes) is 1. The van der Waals surface area contributed by atoms with Gasteiger partial charge in [-0.2, -0.15) is 0 Å². The van der Waals surface area contributed by atoms with E-state index in [1.807, 2.05) is 29.2 Å². The number of hydrogen-bond donors (Lipinski definition) is 2. The molecule has 0 fully saturated rings. The van der Waals surface area contributed by atoms with Gasteiger partial charge in [-0.15, -0.1) is 0 Å². The smallest absolute Gasteiger partial charge is 0.333 e. The maximum atomic E-state index is 11.9. The van der Waals surface area contributed by atoms with Crippen LogP contribution >= 0.6 is 0 Å². The molecule has 116 valence electrons. The van der Waals surface area contributed by atoms with Crippen molar-refractivity contribution in [3.63, 3.8) is 0 Å². The van der Waals surface area contributed by atoms with E-state index in [2.05, 4.69) is 12.2 Å². The first kappa shape index (κ1) is 15.8. The van der Waals surface area contributed by atoms with Gasteiger partial charge in [0.25, 0.3) is 5.56 Å². The third-order valence-corrected chi connectivity index (χ3v) is 3.33. The van der Waals surface area contributed by atoms with Crippen LogP contribution in [-0.4, -0.2) is 15.6 Å². The molecule has 1 amide bonds. The molecule has 0 radical (unpaired) electrons. The third-order valence-electron chi connectivity index (χ3n) is 3.33. The van der Waals surface area contributed by atoms with Gasteiger partial charge < -0.3 is 5.32 Å². The van der Waals surface area contributed by atoms with Crippen molar-refractivity contribution in [2.45, 2.75) is 32.7 Å². The maximum Gasteiger partial charge on any atom is 0.336 e.